The van der Waals surface area contributed by atoms with Crippen molar-refractivity contribution in [3.63, 3.8) is 0 Å². The Hall–Kier alpha value is -2.56. The highest BCUT2D eigenvalue weighted by Crippen LogP contribution is 2.19. The monoisotopic (exact) mass is 243 g/mol. The topological polar surface area (TPSA) is 77.2 Å². The van der Waals surface area contributed by atoms with Crippen molar-refractivity contribution in [1.82, 2.24) is 4.98 Å². The summed E-state index contributed by atoms with van der Waals surface area (Å²) in [6.45, 7) is 0. The summed E-state index contributed by atoms with van der Waals surface area (Å²) in [4.78, 5) is 15.9. The third-order valence-electron chi connectivity index (χ3n) is 2.40. The molecule has 0 spiro atoms. The van der Waals surface area contributed by atoms with Crippen molar-refractivity contribution in [3.8, 4) is 5.75 Å². The molecular formula is C13H13N3O2. The predicted octanol–water partition coefficient (Wildman–Crippen LogP) is 1.92. The Morgan fingerprint density at radius 2 is 2.06 bits per heavy atom. The Morgan fingerprint density at radius 3 is 2.72 bits per heavy atom. The number of benzene rings is 1. The number of anilines is 2. The summed E-state index contributed by atoms with van der Waals surface area (Å²) in [6, 6.07) is 10.3. The molecule has 0 saturated carbocycles. The van der Waals surface area contributed by atoms with Gasteiger partial charge in [0.05, 0.1) is 24.6 Å². The number of pyridine rings is 1. The number of aromatic nitrogens is 1. The van der Waals surface area contributed by atoms with Crippen LogP contribution in [-0.2, 0) is 0 Å². The largest absolute Gasteiger partial charge is 0.496 e. The molecule has 0 fully saturated rings. The van der Waals surface area contributed by atoms with E-state index in [1.807, 2.05) is 0 Å². The number of nitrogens with one attached hydrogen (secondary N) is 1. The Balaban J connectivity index is 2.19. The summed E-state index contributed by atoms with van der Waals surface area (Å²) in [5.74, 6) is 0.683. The van der Waals surface area contributed by atoms with E-state index in [2.05, 4.69) is 10.3 Å². The molecule has 0 unspecified atom stereocenters. The summed E-state index contributed by atoms with van der Waals surface area (Å²) in [5.41, 5.74) is 6.52. The van der Waals surface area contributed by atoms with Gasteiger partial charge in [0.15, 0.2) is 0 Å². The fraction of sp³-hybridized carbons (Fsp3) is 0.0769. The minimum absolute atomic E-state index is 0.251. The summed E-state index contributed by atoms with van der Waals surface area (Å²) in [6.07, 6.45) is 1.50. The van der Waals surface area contributed by atoms with E-state index in [4.69, 9.17) is 10.5 Å². The SMILES string of the molecule is COc1ccccc1C(=O)Nc1ccc(N)nc1. The van der Waals surface area contributed by atoms with E-state index in [0.717, 1.165) is 0 Å². The number of hydrogen-bond acceptors (Lipinski definition) is 4. The zero-order valence-corrected chi connectivity index (χ0v) is 9.88. The van der Waals surface area contributed by atoms with E-state index in [9.17, 15) is 4.79 Å². The Morgan fingerprint density at radius 1 is 1.28 bits per heavy atom. The molecule has 1 aromatic carbocycles. The van der Waals surface area contributed by atoms with Crippen LogP contribution in [0.5, 0.6) is 5.75 Å². The van der Waals surface area contributed by atoms with Gasteiger partial charge in [0.25, 0.3) is 5.91 Å². The molecule has 0 aliphatic heterocycles. The van der Waals surface area contributed by atoms with Crippen LogP contribution in [0.2, 0.25) is 0 Å². The van der Waals surface area contributed by atoms with E-state index in [0.29, 0.717) is 22.8 Å². The van der Waals surface area contributed by atoms with Gasteiger partial charge in [-0.2, -0.15) is 0 Å². The molecule has 1 amide bonds. The number of methoxy groups -OCH3 is 1. The molecule has 0 aliphatic rings. The average Bonchev–Trinajstić information content (AvgIpc) is 2.41. The Kier molecular flexibility index (Phi) is 3.43. The molecule has 5 heteroatoms. The van der Waals surface area contributed by atoms with E-state index < -0.39 is 0 Å². The second-order valence-corrected chi connectivity index (χ2v) is 3.63. The zero-order chi connectivity index (χ0) is 13.0. The van der Waals surface area contributed by atoms with Gasteiger partial charge in [-0.05, 0) is 24.3 Å². The van der Waals surface area contributed by atoms with Crippen LogP contribution in [-0.4, -0.2) is 18.0 Å². The van der Waals surface area contributed by atoms with Gasteiger partial charge >= 0.3 is 0 Å². The molecule has 3 N–H and O–H groups in total. The number of nitrogens with two attached hydrogens (primary N) is 1. The van der Waals surface area contributed by atoms with Crippen molar-refractivity contribution in [2.75, 3.05) is 18.2 Å². The van der Waals surface area contributed by atoms with Gasteiger partial charge in [0, 0.05) is 0 Å². The maximum atomic E-state index is 12.0. The molecular weight excluding hydrogens is 230 g/mol. The molecule has 2 aromatic rings. The maximum Gasteiger partial charge on any atom is 0.259 e. The van der Waals surface area contributed by atoms with Crippen molar-refractivity contribution < 1.29 is 9.53 Å². The van der Waals surface area contributed by atoms with Crippen LogP contribution in [0.1, 0.15) is 10.4 Å². The molecule has 1 heterocycles. The van der Waals surface area contributed by atoms with Crippen molar-refractivity contribution in [2.45, 2.75) is 0 Å². The van der Waals surface area contributed by atoms with Crippen LogP contribution in [0.25, 0.3) is 0 Å². The molecule has 1 aromatic heterocycles. The van der Waals surface area contributed by atoms with Crippen LogP contribution < -0.4 is 15.8 Å². The first-order chi connectivity index (χ1) is 8.70. The number of hydrogen-bond donors (Lipinski definition) is 2. The number of carbonyl (C=O) groups is 1. The smallest absolute Gasteiger partial charge is 0.259 e. The van der Waals surface area contributed by atoms with E-state index in [-0.39, 0.29) is 5.91 Å². The lowest BCUT2D eigenvalue weighted by Crippen LogP contribution is -2.13. The second-order valence-electron chi connectivity index (χ2n) is 3.63. The Labute approximate surface area is 105 Å². The molecule has 5 nitrogen and oxygen atoms in total. The van der Waals surface area contributed by atoms with Crippen molar-refractivity contribution in [2.24, 2.45) is 0 Å². The highest BCUT2D eigenvalue weighted by Gasteiger charge is 2.11. The number of para-hydroxylation sites is 1. The lowest BCUT2D eigenvalue weighted by atomic mass is 10.2. The van der Waals surface area contributed by atoms with Gasteiger partial charge in [-0.15, -0.1) is 0 Å². The third kappa shape index (κ3) is 2.57. The molecule has 0 bridgehead atoms. The maximum absolute atomic E-state index is 12.0. The van der Waals surface area contributed by atoms with E-state index >= 15 is 0 Å². The fourth-order valence-electron chi connectivity index (χ4n) is 1.51. The minimum Gasteiger partial charge on any atom is -0.496 e. The number of ether oxygens (including phenoxy) is 1. The van der Waals surface area contributed by atoms with Gasteiger partial charge in [-0.25, -0.2) is 4.98 Å². The van der Waals surface area contributed by atoms with Crippen LogP contribution in [0, 0.1) is 0 Å². The van der Waals surface area contributed by atoms with Crippen LogP contribution in [0.15, 0.2) is 42.6 Å². The van der Waals surface area contributed by atoms with Crippen molar-refractivity contribution in [1.29, 1.82) is 0 Å². The average molecular weight is 243 g/mol. The summed E-state index contributed by atoms with van der Waals surface area (Å²) < 4.78 is 5.13. The molecule has 92 valence electrons. The van der Waals surface area contributed by atoms with Gasteiger partial charge in [-0.3, -0.25) is 4.79 Å². The molecule has 0 atom stereocenters. The van der Waals surface area contributed by atoms with Gasteiger partial charge < -0.3 is 15.8 Å². The van der Waals surface area contributed by atoms with Gasteiger partial charge in [0.2, 0.25) is 0 Å². The number of carbonyl (C=O) groups excluding carboxylic acids is 1. The van der Waals surface area contributed by atoms with Crippen LogP contribution in [0.3, 0.4) is 0 Å². The van der Waals surface area contributed by atoms with Crippen molar-refractivity contribution >= 4 is 17.4 Å². The number of amides is 1. The Bertz CT molecular complexity index is 552. The number of rotatable bonds is 3. The van der Waals surface area contributed by atoms with E-state index in [1.54, 1.807) is 36.4 Å². The van der Waals surface area contributed by atoms with Crippen LogP contribution in [0.4, 0.5) is 11.5 Å². The molecule has 0 radical (unpaired) electrons. The normalized spacial score (nSPS) is 9.83. The molecule has 0 aliphatic carbocycles. The first kappa shape index (κ1) is 11.9. The molecule has 2 rings (SSSR count). The molecule has 0 saturated heterocycles. The standard InChI is InChI=1S/C13H13N3O2/c1-18-11-5-3-2-4-10(11)13(17)16-9-6-7-12(14)15-8-9/h2-8H,1H3,(H2,14,15)(H,16,17). The summed E-state index contributed by atoms with van der Waals surface area (Å²) in [5, 5.41) is 2.72. The second kappa shape index (κ2) is 5.18. The minimum atomic E-state index is -0.251. The number of nitrogens with zero attached hydrogens (tertiary/aromatic N) is 1. The highest BCUT2D eigenvalue weighted by molar-refractivity contribution is 6.06. The molecule has 18 heavy (non-hydrogen) atoms. The lowest BCUT2D eigenvalue weighted by Gasteiger charge is -2.08. The first-order valence-corrected chi connectivity index (χ1v) is 5.36. The highest BCUT2D eigenvalue weighted by atomic mass is 16.5. The predicted molar refractivity (Wildman–Crippen MR) is 69.6 cm³/mol. The van der Waals surface area contributed by atoms with Crippen LogP contribution >= 0.6 is 0 Å². The van der Waals surface area contributed by atoms with Crippen molar-refractivity contribution in [3.05, 3.63) is 48.2 Å². The van der Waals surface area contributed by atoms with Gasteiger partial charge in [-0.1, -0.05) is 12.1 Å². The number of nitrogen functional groups attached to an aromatic ring is 1. The summed E-state index contributed by atoms with van der Waals surface area (Å²) in [7, 11) is 1.52. The lowest BCUT2D eigenvalue weighted by molar-refractivity contribution is 0.102. The fourth-order valence-corrected chi connectivity index (χ4v) is 1.51. The zero-order valence-electron chi connectivity index (χ0n) is 9.88. The summed E-state index contributed by atoms with van der Waals surface area (Å²) >= 11 is 0. The van der Waals surface area contributed by atoms with E-state index in [1.165, 1.54) is 13.3 Å². The first-order valence-electron chi connectivity index (χ1n) is 5.36. The third-order valence-corrected chi connectivity index (χ3v) is 2.40. The van der Waals surface area contributed by atoms with Gasteiger partial charge in [0.1, 0.15) is 11.6 Å². The quantitative estimate of drug-likeness (QED) is 0.863.